The Hall–Kier alpha value is -1.26. The van der Waals surface area contributed by atoms with Crippen LogP contribution in [0.2, 0.25) is 5.02 Å². The van der Waals surface area contributed by atoms with Gasteiger partial charge in [0.2, 0.25) is 5.91 Å². The zero-order valence-electron chi connectivity index (χ0n) is 10.0. The van der Waals surface area contributed by atoms with E-state index < -0.39 is 0 Å². The van der Waals surface area contributed by atoms with Crippen LogP contribution in [0.25, 0.3) is 0 Å². The third-order valence-corrected chi connectivity index (χ3v) is 2.50. The lowest BCUT2D eigenvalue weighted by atomic mass is 10.2. The van der Waals surface area contributed by atoms with Crippen LogP contribution in [0, 0.1) is 0 Å². The summed E-state index contributed by atoms with van der Waals surface area (Å²) in [5, 5.41) is 12.9. The van der Waals surface area contributed by atoms with Crippen LogP contribution in [0.3, 0.4) is 0 Å². The van der Waals surface area contributed by atoms with Crippen LogP contribution in [0.4, 0.5) is 0 Å². The van der Waals surface area contributed by atoms with Crippen LogP contribution in [-0.4, -0.2) is 36.1 Å². The van der Waals surface area contributed by atoms with E-state index in [0.29, 0.717) is 30.2 Å². The molecule has 4 nitrogen and oxygen atoms in total. The number of rotatable bonds is 5. The van der Waals surface area contributed by atoms with Gasteiger partial charge in [0.25, 0.3) is 0 Å². The first kappa shape index (κ1) is 13.8. The fourth-order valence-corrected chi connectivity index (χ4v) is 1.72. The highest BCUT2D eigenvalue weighted by Crippen LogP contribution is 2.22. The molecule has 0 aromatic heterocycles. The summed E-state index contributed by atoms with van der Waals surface area (Å²) in [6.07, 6.45) is 0. The topological polar surface area (TPSA) is 52.6 Å². The van der Waals surface area contributed by atoms with Crippen LogP contribution in [-0.2, 0) is 11.3 Å². The van der Waals surface area contributed by atoms with Crippen molar-refractivity contribution in [1.82, 2.24) is 10.2 Å². The number of carbonyl (C=O) groups is 1. The number of halogens is 1. The third-order valence-electron chi connectivity index (χ3n) is 2.27. The smallest absolute Gasteiger partial charge is 0.234 e. The Bertz CT molecular complexity index is 396. The molecule has 0 aliphatic carbocycles. The molecule has 0 atom stereocenters. The summed E-state index contributed by atoms with van der Waals surface area (Å²) in [5.74, 6) is 0.161. The zero-order chi connectivity index (χ0) is 12.8. The maximum absolute atomic E-state index is 11.4. The van der Waals surface area contributed by atoms with E-state index in [1.165, 1.54) is 0 Å². The minimum Gasteiger partial charge on any atom is -0.508 e. The number of aromatic hydroxyl groups is 1. The Balaban J connectivity index is 2.58. The van der Waals surface area contributed by atoms with E-state index in [1.807, 2.05) is 18.9 Å². The van der Waals surface area contributed by atoms with Gasteiger partial charge in [-0.2, -0.15) is 0 Å². The molecule has 0 heterocycles. The number of carbonyl (C=O) groups excluding carboxylic acids is 1. The van der Waals surface area contributed by atoms with Crippen molar-refractivity contribution < 1.29 is 9.90 Å². The van der Waals surface area contributed by atoms with E-state index >= 15 is 0 Å². The first-order valence-electron chi connectivity index (χ1n) is 5.45. The van der Waals surface area contributed by atoms with Gasteiger partial charge in [-0.1, -0.05) is 11.6 Å². The van der Waals surface area contributed by atoms with Crippen molar-refractivity contribution >= 4 is 17.5 Å². The number of hydrogen-bond donors (Lipinski definition) is 2. The van der Waals surface area contributed by atoms with Crippen molar-refractivity contribution in [3.63, 3.8) is 0 Å². The van der Waals surface area contributed by atoms with Crippen LogP contribution >= 0.6 is 11.6 Å². The maximum atomic E-state index is 11.4. The summed E-state index contributed by atoms with van der Waals surface area (Å²) in [5.41, 5.74) is 0.712. The van der Waals surface area contributed by atoms with Gasteiger partial charge in [0.1, 0.15) is 5.75 Å². The number of nitrogens with one attached hydrogen (secondary N) is 1. The Labute approximate surface area is 106 Å². The molecule has 17 heavy (non-hydrogen) atoms. The number of phenols is 1. The average molecular weight is 257 g/mol. The van der Waals surface area contributed by atoms with E-state index in [-0.39, 0.29) is 11.7 Å². The minimum atomic E-state index is -0.0310. The lowest BCUT2D eigenvalue weighted by Crippen LogP contribution is -2.34. The molecule has 0 bridgehead atoms. The molecule has 0 unspecified atom stereocenters. The van der Waals surface area contributed by atoms with Gasteiger partial charge >= 0.3 is 0 Å². The molecule has 94 valence electrons. The van der Waals surface area contributed by atoms with Crippen molar-refractivity contribution in [1.29, 1.82) is 0 Å². The summed E-state index contributed by atoms with van der Waals surface area (Å²) in [6.45, 7) is 3.26. The number of hydrogen-bond acceptors (Lipinski definition) is 3. The number of phenolic OH excluding ortho intramolecular Hbond substituents is 1. The van der Waals surface area contributed by atoms with E-state index in [2.05, 4.69) is 5.32 Å². The van der Waals surface area contributed by atoms with Crippen LogP contribution in [0.15, 0.2) is 18.2 Å². The fourth-order valence-electron chi connectivity index (χ4n) is 1.53. The van der Waals surface area contributed by atoms with Crippen molar-refractivity contribution in [2.75, 3.05) is 20.1 Å². The Morgan fingerprint density at radius 1 is 1.53 bits per heavy atom. The van der Waals surface area contributed by atoms with Gasteiger partial charge in [-0.05, 0) is 32.2 Å². The molecule has 5 heteroatoms. The Morgan fingerprint density at radius 3 is 2.88 bits per heavy atom. The lowest BCUT2D eigenvalue weighted by molar-refractivity contribution is -0.121. The molecule has 0 saturated heterocycles. The molecule has 1 rings (SSSR count). The van der Waals surface area contributed by atoms with Gasteiger partial charge in [-0.25, -0.2) is 0 Å². The van der Waals surface area contributed by atoms with Crippen molar-refractivity contribution in [2.45, 2.75) is 13.5 Å². The maximum Gasteiger partial charge on any atom is 0.234 e. The lowest BCUT2D eigenvalue weighted by Gasteiger charge is -2.16. The van der Waals surface area contributed by atoms with Gasteiger partial charge < -0.3 is 10.4 Å². The molecule has 1 aromatic carbocycles. The summed E-state index contributed by atoms with van der Waals surface area (Å²) < 4.78 is 0. The molecule has 0 aliphatic rings. The van der Waals surface area contributed by atoms with Crippen molar-refractivity contribution in [3.8, 4) is 5.75 Å². The summed E-state index contributed by atoms with van der Waals surface area (Å²) >= 11 is 5.85. The highest BCUT2D eigenvalue weighted by Gasteiger charge is 2.09. The van der Waals surface area contributed by atoms with Crippen molar-refractivity contribution in [2.24, 2.45) is 0 Å². The molecule has 0 aliphatic heterocycles. The predicted molar refractivity (Wildman–Crippen MR) is 68.1 cm³/mol. The second-order valence-corrected chi connectivity index (χ2v) is 4.34. The summed E-state index contributed by atoms with van der Waals surface area (Å²) in [7, 11) is 1.82. The van der Waals surface area contributed by atoms with Crippen LogP contribution < -0.4 is 5.32 Å². The van der Waals surface area contributed by atoms with Gasteiger partial charge in [0, 0.05) is 23.7 Å². The average Bonchev–Trinajstić information content (AvgIpc) is 2.23. The van der Waals surface area contributed by atoms with Gasteiger partial charge in [0.15, 0.2) is 0 Å². The molecule has 0 saturated carbocycles. The highest BCUT2D eigenvalue weighted by atomic mass is 35.5. The zero-order valence-corrected chi connectivity index (χ0v) is 10.8. The summed E-state index contributed by atoms with van der Waals surface area (Å²) in [4.78, 5) is 13.2. The standard InChI is InChI=1S/C12H17ClN2O2/c1-3-14-12(17)8-15(2)7-9-6-10(13)4-5-11(9)16/h4-6,16H,3,7-8H2,1-2H3,(H,14,17). The largest absolute Gasteiger partial charge is 0.508 e. The second-order valence-electron chi connectivity index (χ2n) is 3.90. The van der Waals surface area contributed by atoms with Gasteiger partial charge in [-0.3, -0.25) is 9.69 Å². The van der Waals surface area contributed by atoms with E-state index in [1.54, 1.807) is 18.2 Å². The van der Waals surface area contributed by atoms with E-state index in [4.69, 9.17) is 11.6 Å². The SMILES string of the molecule is CCNC(=O)CN(C)Cc1cc(Cl)ccc1O. The quantitative estimate of drug-likeness (QED) is 0.842. The van der Waals surface area contributed by atoms with Crippen LogP contribution in [0.5, 0.6) is 5.75 Å². The van der Waals surface area contributed by atoms with Gasteiger partial charge in [0.05, 0.1) is 6.54 Å². The van der Waals surface area contributed by atoms with E-state index in [0.717, 1.165) is 0 Å². The molecule has 1 aromatic rings. The molecule has 2 N–H and O–H groups in total. The normalized spacial score (nSPS) is 10.6. The first-order chi connectivity index (χ1) is 8.02. The molecule has 1 amide bonds. The molecular weight excluding hydrogens is 240 g/mol. The number of likely N-dealkylation sites (N-methyl/N-ethyl adjacent to an activating group) is 2. The Morgan fingerprint density at radius 2 is 2.24 bits per heavy atom. The predicted octanol–water partition coefficient (Wildman–Crippen LogP) is 1.61. The number of nitrogens with zero attached hydrogens (tertiary/aromatic N) is 1. The summed E-state index contributed by atoms with van der Waals surface area (Å²) in [6, 6.07) is 4.88. The first-order valence-corrected chi connectivity index (χ1v) is 5.83. The van der Waals surface area contributed by atoms with E-state index in [9.17, 15) is 9.90 Å². The van der Waals surface area contributed by atoms with Crippen molar-refractivity contribution in [3.05, 3.63) is 28.8 Å². The molecule has 0 radical (unpaired) electrons. The van der Waals surface area contributed by atoms with Crippen LogP contribution in [0.1, 0.15) is 12.5 Å². The number of benzene rings is 1. The van der Waals surface area contributed by atoms with Gasteiger partial charge in [-0.15, -0.1) is 0 Å². The minimum absolute atomic E-state index is 0.0310. The highest BCUT2D eigenvalue weighted by molar-refractivity contribution is 6.30. The molecule has 0 fully saturated rings. The Kier molecular flexibility index (Phi) is 5.25. The molecule has 0 spiro atoms. The third kappa shape index (κ3) is 4.63. The molecular formula is C12H17ClN2O2. The number of amides is 1. The fraction of sp³-hybridized carbons (Fsp3) is 0.417. The second kappa shape index (κ2) is 6.47. The monoisotopic (exact) mass is 256 g/mol.